The van der Waals surface area contributed by atoms with E-state index in [1.807, 2.05) is 31.2 Å². The number of hydrogen-bond donors (Lipinski definition) is 1. The molecule has 0 saturated heterocycles. The summed E-state index contributed by atoms with van der Waals surface area (Å²) >= 11 is 0. The molecule has 1 heterocycles. The second-order valence-corrected chi connectivity index (χ2v) is 6.28. The average Bonchev–Trinajstić information content (AvgIpc) is 2.66. The van der Waals surface area contributed by atoms with Gasteiger partial charge in [0.15, 0.2) is 0 Å². The first-order valence-electron chi connectivity index (χ1n) is 8.72. The number of carbonyl (C=O) groups is 1. The molecule has 0 bridgehead atoms. The van der Waals surface area contributed by atoms with E-state index in [-0.39, 0.29) is 23.6 Å². The van der Waals surface area contributed by atoms with Gasteiger partial charge in [0.1, 0.15) is 5.82 Å². The first-order valence-corrected chi connectivity index (χ1v) is 8.72. The van der Waals surface area contributed by atoms with Crippen LogP contribution in [0.1, 0.15) is 18.4 Å². The van der Waals surface area contributed by atoms with Crippen molar-refractivity contribution in [2.45, 2.75) is 26.3 Å². The van der Waals surface area contributed by atoms with Crippen LogP contribution in [0.2, 0.25) is 0 Å². The Kier molecular flexibility index (Phi) is 5.76. The predicted molar refractivity (Wildman–Crippen MR) is 103 cm³/mol. The number of carbonyl (C=O) groups excluding carboxylic acids is 1. The third-order valence-corrected chi connectivity index (χ3v) is 4.14. The molecular weight excluding hydrogens is 345 g/mol. The van der Waals surface area contributed by atoms with Crippen molar-refractivity contribution in [2.75, 3.05) is 5.32 Å². The number of para-hydroxylation sites is 1. The third kappa shape index (κ3) is 4.88. The summed E-state index contributed by atoms with van der Waals surface area (Å²) < 4.78 is 14.9. The van der Waals surface area contributed by atoms with Crippen molar-refractivity contribution >= 4 is 11.6 Å². The molecule has 2 aromatic carbocycles. The quantitative estimate of drug-likeness (QED) is 0.723. The number of aryl methyl sites for hydroxylation is 2. The standard InChI is InChI=1S/C21H20FN3O2/c1-15-8-10-16(11-9-15)18-12-13-21(27)25(24-18)14-4-7-20(26)23-19-6-3-2-5-17(19)22/h2-3,5-6,8-13H,4,7,14H2,1H3,(H,23,26). The predicted octanol–water partition coefficient (Wildman–Crippen LogP) is 3.78. The molecular formula is C21H20FN3O2. The van der Waals surface area contributed by atoms with E-state index in [4.69, 9.17) is 0 Å². The summed E-state index contributed by atoms with van der Waals surface area (Å²) in [6, 6.07) is 17.0. The number of amides is 1. The second-order valence-electron chi connectivity index (χ2n) is 6.28. The van der Waals surface area contributed by atoms with E-state index in [1.165, 1.54) is 22.9 Å². The van der Waals surface area contributed by atoms with Crippen LogP contribution in [0.3, 0.4) is 0 Å². The lowest BCUT2D eigenvalue weighted by Crippen LogP contribution is -2.23. The van der Waals surface area contributed by atoms with Crippen molar-refractivity contribution in [1.29, 1.82) is 0 Å². The van der Waals surface area contributed by atoms with E-state index in [2.05, 4.69) is 10.4 Å². The smallest absolute Gasteiger partial charge is 0.266 e. The number of halogens is 1. The summed E-state index contributed by atoms with van der Waals surface area (Å²) in [7, 11) is 0. The number of nitrogens with one attached hydrogen (secondary N) is 1. The molecule has 1 aromatic heterocycles. The zero-order valence-electron chi connectivity index (χ0n) is 15.0. The molecule has 27 heavy (non-hydrogen) atoms. The Morgan fingerprint density at radius 3 is 2.56 bits per heavy atom. The van der Waals surface area contributed by atoms with Crippen LogP contribution in [0.5, 0.6) is 0 Å². The van der Waals surface area contributed by atoms with Crippen molar-refractivity contribution in [3.8, 4) is 11.3 Å². The fourth-order valence-corrected chi connectivity index (χ4v) is 2.65. The number of nitrogens with zero attached hydrogens (tertiary/aromatic N) is 2. The SMILES string of the molecule is Cc1ccc(-c2ccc(=O)n(CCCC(=O)Nc3ccccc3F)n2)cc1. The molecule has 0 fully saturated rings. The van der Waals surface area contributed by atoms with Gasteiger partial charge in [-0.25, -0.2) is 9.07 Å². The summed E-state index contributed by atoms with van der Waals surface area (Å²) in [6.07, 6.45) is 0.585. The molecule has 3 aromatic rings. The number of anilines is 1. The summed E-state index contributed by atoms with van der Waals surface area (Å²) in [6.45, 7) is 2.31. The Morgan fingerprint density at radius 2 is 1.81 bits per heavy atom. The lowest BCUT2D eigenvalue weighted by atomic mass is 10.1. The second kappa shape index (κ2) is 8.40. The number of hydrogen-bond acceptors (Lipinski definition) is 3. The van der Waals surface area contributed by atoms with E-state index >= 15 is 0 Å². The first kappa shape index (κ1) is 18.5. The largest absolute Gasteiger partial charge is 0.324 e. The van der Waals surface area contributed by atoms with Gasteiger partial charge >= 0.3 is 0 Å². The van der Waals surface area contributed by atoms with E-state index in [0.29, 0.717) is 18.7 Å². The van der Waals surface area contributed by atoms with E-state index in [0.717, 1.165) is 11.1 Å². The van der Waals surface area contributed by atoms with Crippen LogP contribution in [-0.4, -0.2) is 15.7 Å². The van der Waals surface area contributed by atoms with Gasteiger partial charge in [0, 0.05) is 24.6 Å². The molecule has 1 amide bonds. The maximum atomic E-state index is 13.6. The van der Waals surface area contributed by atoms with Gasteiger partial charge in [0.25, 0.3) is 5.56 Å². The van der Waals surface area contributed by atoms with Gasteiger partial charge in [0.2, 0.25) is 5.91 Å². The molecule has 0 aliphatic carbocycles. The zero-order valence-corrected chi connectivity index (χ0v) is 15.0. The van der Waals surface area contributed by atoms with Crippen molar-refractivity contribution in [1.82, 2.24) is 9.78 Å². The molecule has 5 nitrogen and oxygen atoms in total. The minimum absolute atomic E-state index is 0.152. The number of rotatable bonds is 6. The monoisotopic (exact) mass is 365 g/mol. The van der Waals surface area contributed by atoms with Crippen molar-refractivity contribution in [3.63, 3.8) is 0 Å². The Bertz CT molecular complexity index is 997. The zero-order chi connectivity index (χ0) is 19.2. The van der Waals surface area contributed by atoms with E-state index in [1.54, 1.807) is 18.2 Å². The summed E-state index contributed by atoms with van der Waals surface area (Å²) in [5.41, 5.74) is 2.70. The van der Waals surface area contributed by atoms with Gasteiger partial charge in [-0.1, -0.05) is 42.0 Å². The highest BCUT2D eigenvalue weighted by atomic mass is 19.1. The highest BCUT2D eigenvalue weighted by Crippen LogP contribution is 2.16. The summed E-state index contributed by atoms with van der Waals surface area (Å²) in [4.78, 5) is 24.0. The maximum absolute atomic E-state index is 13.6. The average molecular weight is 365 g/mol. The van der Waals surface area contributed by atoms with Crippen LogP contribution in [0.4, 0.5) is 10.1 Å². The van der Waals surface area contributed by atoms with Gasteiger partial charge in [-0.15, -0.1) is 0 Å². The molecule has 0 aliphatic rings. The summed E-state index contributed by atoms with van der Waals surface area (Å²) in [5.74, 6) is -0.780. The lowest BCUT2D eigenvalue weighted by molar-refractivity contribution is -0.116. The molecule has 0 radical (unpaired) electrons. The minimum Gasteiger partial charge on any atom is -0.324 e. The van der Waals surface area contributed by atoms with Crippen LogP contribution < -0.4 is 10.9 Å². The highest BCUT2D eigenvalue weighted by molar-refractivity contribution is 5.90. The fourth-order valence-electron chi connectivity index (χ4n) is 2.65. The van der Waals surface area contributed by atoms with Crippen LogP contribution >= 0.6 is 0 Å². The maximum Gasteiger partial charge on any atom is 0.266 e. The molecule has 0 unspecified atom stereocenters. The first-order chi connectivity index (χ1) is 13.0. The van der Waals surface area contributed by atoms with Crippen LogP contribution in [-0.2, 0) is 11.3 Å². The van der Waals surface area contributed by atoms with Crippen LogP contribution in [0, 0.1) is 12.7 Å². The Morgan fingerprint density at radius 1 is 1.07 bits per heavy atom. The molecule has 6 heteroatoms. The lowest BCUT2D eigenvalue weighted by Gasteiger charge is -2.08. The molecule has 3 rings (SSSR count). The molecule has 0 atom stereocenters. The Labute approximate surface area is 156 Å². The van der Waals surface area contributed by atoms with Gasteiger partial charge in [-0.3, -0.25) is 9.59 Å². The number of aromatic nitrogens is 2. The molecule has 0 saturated carbocycles. The minimum atomic E-state index is -0.477. The van der Waals surface area contributed by atoms with E-state index in [9.17, 15) is 14.0 Å². The van der Waals surface area contributed by atoms with E-state index < -0.39 is 5.82 Å². The molecule has 138 valence electrons. The van der Waals surface area contributed by atoms with Crippen molar-refractivity contribution in [3.05, 3.63) is 82.4 Å². The van der Waals surface area contributed by atoms with Gasteiger partial charge in [0.05, 0.1) is 11.4 Å². The molecule has 0 spiro atoms. The molecule has 0 aliphatic heterocycles. The van der Waals surface area contributed by atoms with Crippen molar-refractivity contribution < 1.29 is 9.18 Å². The Hall–Kier alpha value is -3.28. The van der Waals surface area contributed by atoms with Crippen LogP contribution in [0.15, 0.2) is 65.5 Å². The number of benzene rings is 2. The van der Waals surface area contributed by atoms with Crippen LogP contribution in [0.25, 0.3) is 11.3 Å². The highest BCUT2D eigenvalue weighted by Gasteiger charge is 2.08. The topological polar surface area (TPSA) is 64.0 Å². The van der Waals surface area contributed by atoms with Crippen molar-refractivity contribution in [2.24, 2.45) is 0 Å². The van der Waals surface area contributed by atoms with Gasteiger partial charge in [-0.2, -0.15) is 5.10 Å². The Balaban J connectivity index is 1.61. The fraction of sp³-hybridized carbons (Fsp3) is 0.190. The third-order valence-electron chi connectivity index (χ3n) is 4.14. The normalized spacial score (nSPS) is 10.6. The van der Waals surface area contributed by atoms with Gasteiger partial charge < -0.3 is 5.32 Å². The van der Waals surface area contributed by atoms with Gasteiger partial charge in [-0.05, 0) is 31.5 Å². The molecule has 1 N–H and O–H groups in total. The summed E-state index contributed by atoms with van der Waals surface area (Å²) in [5, 5.41) is 6.91.